The van der Waals surface area contributed by atoms with Gasteiger partial charge in [0, 0.05) is 12.0 Å². The first-order valence-corrected chi connectivity index (χ1v) is 7.38. The van der Waals surface area contributed by atoms with Crippen LogP contribution in [-0.2, 0) is 0 Å². The molecule has 1 aromatic heterocycles. The predicted molar refractivity (Wildman–Crippen MR) is 87.8 cm³/mol. The minimum absolute atomic E-state index is 0.0235. The molecule has 6 heteroatoms. The molecule has 3 aromatic rings. The maximum Gasteiger partial charge on any atom is 0.265 e. The summed E-state index contributed by atoms with van der Waals surface area (Å²) in [5.41, 5.74) is 0.297. The number of aromatic hydroxyl groups is 1. The summed E-state index contributed by atoms with van der Waals surface area (Å²) in [4.78, 5) is 17.4. The number of phenolic OH excluding ortho intramolecular Hbond substituents is 1. The Kier molecular flexibility index (Phi) is 3.78. The van der Waals surface area contributed by atoms with Crippen molar-refractivity contribution in [2.75, 3.05) is 0 Å². The number of halogens is 1. The van der Waals surface area contributed by atoms with Gasteiger partial charge in [0.25, 0.3) is 5.56 Å². The van der Waals surface area contributed by atoms with E-state index in [9.17, 15) is 14.3 Å². The Morgan fingerprint density at radius 1 is 1.25 bits per heavy atom. The van der Waals surface area contributed by atoms with Crippen LogP contribution >= 0.6 is 0 Å². The first kappa shape index (κ1) is 15.7. The number of benzene rings is 2. The van der Waals surface area contributed by atoms with Gasteiger partial charge in [0.05, 0.1) is 22.2 Å². The van der Waals surface area contributed by atoms with Crippen LogP contribution < -0.4 is 5.56 Å². The number of nitrogens with zero attached hydrogens (tertiary/aromatic N) is 3. The summed E-state index contributed by atoms with van der Waals surface area (Å²) in [5, 5.41) is 19.0. The van der Waals surface area contributed by atoms with Crippen molar-refractivity contribution in [3.05, 3.63) is 64.0 Å². The van der Waals surface area contributed by atoms with E-state index in [1.54, 1.807) is 6.07 Å². The lowest BCUT2D eigenvalue weighted by Gasteiger charge is -2.16. The lowest BCUT2D eigenvalue weighted by molar-refractivity contribution is 0.476. The topological polar surface area (TPSA) is 78.9 Å². The van der Waals surface area contributed by atoms with Gasteiger partial charge in [-0.3, -0.25) is 9.36 Å². The number of nitriles is 1. The second kappa shape index (κ2) is 5.78. The van der Waals surface area contributed by atoms with Crippen LogP contribution in [0.1, 0.15) is 31.2 Å². The molecule has 0 saturated heterocycles. The van der Waals surface area contributed by atoms with Gasteiger partial charge in [-0.05, 0) is 30.3 Å². The van der Waals surface area contributed by atoms with Crippen LogP contribution in [0.4, 0.5) is 4.39 Å². The molecule has 120 valence electrons. The van der Waals surface area contributed by atoms with Crippen LogP contribution in [0.2, 0.25) is 0 Å². The van der Waals surface area contributed by atoms with E-state index in [1.165, 1.54) is 34.9 Å². The van der Waals surface area contributed by atoms with Gasteiger partial charge in [-0.2, -0.15) is 5.26 Å². The Morgan fingerprint density at radius 2 is 2.00 bits per heavy atom. The van der Waals surface area contributed by atoms with E-state index in [1.807, 2.05) is 13.8 Å². The number of rotatable bonds is 2. The Bertz CT molecular complexity index is 1050. The third kappa shape index (κ3) is 2.50. The molecule has 5 nitrogen and oxygen atoms in total. The minimum Gasteiger partial charge on any atom is -0.508 e. The molecule has 0 saturated carbocycles. The molecule has 1 N–H and O–H groups in total. The molecule has 2 aromatic carbocycles. The predicted octanol–water partition coefficient (Wildman–Crippen LogP) is 3.23. The Labute approximate surface area is 137 Å². The van der Waals surface area contributed by atoms with Gasteiger partial charge in [0.1, 0.15) is 23.5 Å². The van der Waals surface area contributed by atoms with Crippen LogP contribution in [0.3, 0.4) is 0 Å². The maximum atomic E-state index is 13.6. The van der Waals surface area contributed by atoms with Crippen LogP contribution in [0, 0.1) is 17.1 Å². The highest BCUT2D eigenvalue weighted by Gasteiger charge is 2.16. The van der Waals surface area contributed by atoms with Gasteiger partial charge in [-0.25, -0.2) is 9.37 Å². The third-order valence-corrected chi connectivity index (χ3v) is 3.72. The molecule has 0 spiro atoms. The quantitative estimate of drug-likeness (QED) is 0.785. The molecule has 0 bridgehead atoms. The highest BCUT2D eigenvalue weighted by atomic mass is 19.1. The van der Waals surface area contributed by atoms with Crippen molar-refractivity contribution in [3.63, 3.8) is 0 Å². The SMILES string of the molecule is CC(C)c1nc2cc(O)ccc2c(=O)n1-c1ccc(F)c(C#N)c1. The van der Waals surface area contributed by atoms with Gasteiger partial charge in [0.2, 0.25) is 0 Å². The Balaban J connectivity index is 2.41. The molecule has 0 aliphatic rings. The first-order chi connectivity index (χ1) is 11.4. The number of fused-ring (bicyclic) bond motifs is 1. The van der Waals surface area contributed by atoms with E-state index in [-0.39, 0.29) is 22.8 Å². The summed E-state index contributed by atoms with van der Waals surface area (Å²) in [6.07, 6.45) is 0. The van der Waals surface area contributed by atoms with Gasteiger partial charge in [-0.15, -0.1) is 0 Å². The standard InChI is InChI=1S/C18H14FN3O2/c1-10(2)17-21-16-8-13(23)4-5-14(16)18(24)22(17)12-3-6-15(19)11(7-12)9-20/h3-8,10,23H,1-2H3. The van der Waals surface area contributed by atoms with Crippen molar-refractivity contribution in [1.29, 1.82) is 5.26 Å². The molecule has 0 unspecified atom stereocenters. The molecular formula is C18H14FN3O2. The maximum absolute atomic E-state index is 13.6. The van der Waals surface area contributed by atoms with Gasteiger partial charge >= 0.3 is 0 Å². The van der Waals surface area contributed by atoms with Crippen LogP contribution in [0.25, 0.3) is 16.6 Å². The lowest BCUT2D eigenvalue weighted by Crippen LogP contribution is -2.24. The molecule has 0 amide bonds. The zero-order chi connectivity index (χ0) is 17.4. The van der Waals surface area contributed by atoms with Gasteiger partial charge in [-0.1, -0.05) is 13.8 Å². The summed E-state index contributed by atoms with van der Waals surface area (Å²) < 4.78 is 15.0. The van der Waals surface area contributed by atoms with Gasteiger partial charge in [0.15, 0.2) is 0 Å². The van der Waals surface area contributed by atoms with Crippen molar-refractivity contribution >= 4 is 10.9 Å². The lowest BCUT2D eigenvalue weighted by atomic mass is 10.1. The molecule has 1 heterocycles. The molecule has 3 rings (SSSR count). The van der Waals surface area contributed by atoms with Crippen LogP contribution in [0.15, 0.2) is 41.2 Å². The molecule has 0 aliphatic heterocycles. The monoisotopic (exact) mass is 323 g/mol. The van der Waals surface area contributed by atoms with Crippen molar-refractivity contribution in [3.8, 4) is 17.5 Å². The van der Waals surface area contributed by atoms with E-state index in [2.05, 4.69) is 4.98 Å². The van der Waals surface area contributed by atoms with Crippen LogP contribution in [-0.4, -0.2) is 14.7 Å². The molecule has 0 aliphatic carbocycles. The van der Waals surface area contributed by atoms with Gasteiger partial charge < -0.3 is 5.11 Å². The summed E-state index contributed by atoms with van der Waals surface area (Å²) in [6.45, 7) is 3.75. The van der Waals surface area contributed by atoms with E-state index in [4.69, 9.17) is 5.26 Å². The fourth-order valence-electron chi connectivity index (χ4n) is 2.57. The summed E-state index contributed by atoms with van der Waals surface area (Å²) in [7, 11) is 0. The largest absolute Gasteiger partial charge is 0.508 e. The summed E-state index contributed by atoms with van der Waals surface area (Å²) >= 11 is 0. The average Bonchev–Trinajstić information content (AvgIpc) is 2.55. The number of phenols is 1. The molecule has 0 fully saturated rings. The number of hydrogen-bond donors (Lipinski definition) is 1. The zero-order valence-corrected chi connectivity index (χ0v) is 13.1. The number of aromatic nitrogens is 2. The molecule has 0 atom stereocenters. The van der Waals surface area contributed by atoms with E-state index < -0.39 is 5.82 Å². The average molecular weight is 323 g/mol. The van der Waals surface area contributed by atoms with E-state index in [0.29, 0.717) is 22.4 Å². The van der Waals surface area contributed by atoms with E-state index >= 15 is 0 Å². The van der Waals surface area contributed by atoms with Crippen molar-refractivity contribution in [2.45, 2.75) is 19.8 Å². The van der Waals surface area contributed by atoms with Crippen molar-refractivity contribution in [1.82, 2.24) is 9.55 Å². The van der Waals surface area contributed by atoms with E-state index in [0.717, 1.165) is 6.07 Å². The third-order valence-electron chi connectivity index (χ3n) is 3.72. The normalized spacial score (nSPS) is 11.0. The first-order valence-electron chi connectivity index (χ1n) is 7.38. The second-order valence-electron chi connectivity index (χ2n) is 5.74. The fraction of sp³-hybridized carbons (Fsp3) is 0.167. The number of hydrogen-bond acceptors (Lipinski definition) is 4. The second-order valence-corrected chi connectivity index (χ2v) is 5.74. The Morgan fingerprint density at radius 3 is 2.67 bits per heavy atom. The zero-order valence-electron chi connectivity index (χ0n) is 13.1. The highest BCUT2D eigenvalue weighted by Crippen LogP contribution is 2.22. The molecular weight excluding hydrogens is 309 g/mol. The summed E-state index contributed by atoms with van der Waals surface area (Å²) in [5.74, 6) is -0.247. The molecule has 24 heavy (non-hydrogen) atoms. The van der Waals surface area contributed by atoms with Crippen LogP contribution in [0.5, 0.6) is 5.75 Å². The van der Waals surface area contributed by atoms with Crippen molar-refractivity contribution in [2.24, 2.45) is 0 Å². The minimum atomic E-state index is -0.640. The van der Waals surface area contributed by atoms with Crippen molar-refractivity contribution < 1.29 is 9.50 Å². The highest BCUT2D eigenvalue weighted by molar-refractivity contribution is 5.79. The summed E-state index contributed by atoms with van der Waals surface area (Å²) in [6, 6.07) is 10.0. The fourth-order valence-corrected chi connectivity index (χ4v) is 2.57. The molecule has 0 radical (unpaired) electrons. The Hall–Kier alpha value is -3.20. The smallest absolute Gasteiger partial charge is 0.265 e.